The minimum Gasteiger partial charge on any atom is -0.383 e. The molecule has 5 rings (SSSR count). The highest BCUT2D eigenvalue weighted by molar-refractivity contribution is 8.05. The Morgan fingerprint density at radius 1 is 1.12 bits per heavy atom. The molecule has 3 heterocycles. The Morgan fingerprint density at radius 3 is 2.53 bits per heavy atom. The number of benzene rings is 2. The summed E-state index contributed by atoms with van der Waals surface area (Å²) < 4.78 is 99.8. The van der Waals surface area contributed by atoms with Gasteiger partial charge in [0, 0.05) is 38.2 Å². The van der Waals surface area contributed by atoms with Crippen LogP contribution >= 0.6 is 0 Å². The zero-order chi connectivity index (χ0) is 31.3. The molecule has 0 spiro atoms. The lowest BCUT2D eigenvalue weighted by atomic mass is 10.0. The maximum Gasteiger partial charge on any atom is 0.416 e. The highest BCUT2D eigenvalue weighted by atomic mass is 32.2. The molecule has 0 radical (unpaired) electrons. The van der Waals surface area contributed by atoms with E-state index in [1.54, 1.807) is 37.3 Å². The number of likely N-dealkylation sites (tertiary alicyclic amines) is 1. The van der Waals surface area contributed by atoms with Crippen molar-refractivity contribution in [1.29, 1.82) is 0 Å². The third-order valence-corrected chi connectivity index (χ3v) is 9.08. The fourth-order valence-corrected chi connectivity index (χ4v) is 6.57. The molecule has 1 amide bonds. The Hall–Kier alpha value is -3.56. The van der Waals surface area contributed by atoms with Gasteiger partial charge in [0.1, 0.15) is 15.7 Å². The van der Waals surface area contributed by atoms with Gasteiger partial charge in [-0.05, 0) is 54.9 Å². The van der Waals surface area contributed by atoms with Crippen LogP contribution in [0.5, 0.6) is 0 Å². The number of likely N-dealkylation sites (N-methyl/N-ethyl adjacent to an activating group) is 2. The number of aromatic nitrogens is 2. The second kappa shape index (κ2) is 11.5. The van der Waals surface area contributed by atoms with E-state index < -0.39 is 46.7 Å². The zero-order valence-corrected chi connectivity index (χ0v) is 24.1. The van der Waals surface area contributed by atoms with Crippen molar-refractivity contribution in [2.45, 2.75) is 37.4 Å². The molecule has 15 heteroatoms. The van der Waals surface area contributed by atoms with Crippen molar-refractivity contribution < 1.29 is 40.1 Å². The second-order valence-corrected chi connectivity index (χ2v) is 11.9. The smallest absolute Gasteiger partial charge is 0.383 e. The van der Waals surface area contributed by atoms with E-state index in [-0.39, 0.29) is 33.8 Å². The summed E-state index contributed by atoms with van der Waals surface area (Å²) in [6.07, 6.45) is -6.33. The maximum atomic E-state index is 13.6. The van der Waals surface area contributed by atoms with Crippen molar-refractivity contribution in [3.05, 3.63) is 69.8 Å². The first-order chi connectivity index (χ1) is 20.2. The number of carbonyl (C=O) groups is 1. The molecule has 2 aromatic carbocycles. The van der Waals surface area contributed by atoms with Gasteiger partial charge in [-0.2, -0.15) is 36.4 Å². The lowest BCUT2D eigenvalue weighted by Gasteiger charge is -2.24. The molecule has 8 nitrogen and oxygen atoms in total. The van der Waals surface area contributed by atoms with Crippen molar-refractivity contribution in [3.63, 3.8) is 0 Å². The number of nitrogens with zero attached hydrogens (tertiary/aromatic N) is 5. The number of halogens is 6. The van der Waals surface area contributed by atoms with Crippen LogP contribution < -0.4 is 0 Å². The predicted molar refractivity (Wildman–Crippen MR) is 148 cm³/mol. The quantitative estimate of drug-likeness (QED) is 0.290. The van der Waals surface area contributed by atoms with Crippen LogP contribution in [-0.2, 0) is 39.2 Å². The molecule has 2 aliphatic rings. The summed E-state index contributed by atoms with van der Waals surface area (Å²) in [4.78, 5) is 20.7. The van der Waals surface area contributed by atoms with E-state index >= 15 is 0 Å². The number of amidine groups is 1. The van der Waals surface area contributed by atoms with Gasteiger partial charge >= 0.3 is 12.4 Å². The fourth-order valence-electron chi connectivity index (χ4n) is 5.35. The summed E-state index contributed by atoms with van der Waals surface area (Å²) in [5.41, 5.74) is -2.25. The third kappa shape index (κ3) is 6.24. The van der Waals surface area contributed by atoms with Crippen LogP contribution in [0.3, 0.4) is 0 Å². The lowest BCUT2D eigenvalue weighted by molar-refractivity contribution is -0.143. The van der Waals surface area contributed by atoms with Crippen molar-refractivity contribution in [3.8, 4) is 0 Å². The molecule has 1 aromatic heterocycles. The number of rotatable bonds is 6. The van der Waals surface area contributed by atoms with Crippen LogP contribution in [0.4, 0.5) is 26.3 Å². The highest BCUT2D eigenvalue weighted by Gasteiger charge is 2.40. The molecule has 3 aromatic rings. The molecule has 0 N–H and O–H groups in total. The Labute approximate surface area is 245 Å². The van der Waals surface area contributed by atoms with Gasteiger partial charge in [0.15, 0.2) is 0 Å². The molecule has 1 saturated heterocycles. The van der Waals surface area contributed by atoms with E-state index in [0.717, 1.165) is 12.5 Å². The lowest BCUT2D eigenvalue weighted by Crippen LogP contribution is -2.39. The molecule has 2 aliphatic heterocycles. The first-order valence-electron chi connectivity index (χ1n) is 13.1. The van der Waals surface area contributed by atoms with Crippen LogP contribution in [0.2, 0.25) is 0 Å². The Kier molecular flexibility index (Phi) is 8.26. The van der Waals surface area contributed by atoms with E-state index in [4.69, 9.17) is 4.74 Å². The monoisotopic (exact) mass is 627 g/mol. The van der Waals surface area contributed by atoms with Gasteiger partial charge in [0.05, 0.1) is 36.0 Å². The molecule has 230 valence electrons. The number of methoxy groups -OCH3 is 1. The van der Waals surface area contributed by atoms with Crippen molar-refractivity contribution >= 4 is 38.9 Å². The number of hydrogen-bond acceptors (Lipinski definition) is 6. The van der Waals surface area contributed by atoms with E-state index in [1.165, 1.54) is 17.0 Å². The average molecular weight is 628 g/mol. The fraction of sp³-hybridized carbons (Fsp3) is 0.393. The van der Waals surface area contributed by atoms with Crippen molar-refractivity contribution in [2.75, 3.05) is 34.4 Å². The van der Waals surface area contributed by atoms with Crippen LogP contribution in [0.15, 0.2) is 52.5 Å². The van der Waals surface area contributed by atoms with Gasteiger partial charge in [-0.15, -0.1) is 0 Å². The van der Waals surface area contributed by atoms with Gasteiger partial charge in [-0.25, -0.2) is 4.21 Å². The van der Waals surface area contributed by atoms with Gasteiger partial charge in [0.25, 0.3) is 5.91 Å². The summed E-state index contributed by atoms with van der Waals surface area (Å²) in [5.74, 6) is -0.627. The molecular weight excluding hydrogens is 600 g/mol. The molecule has 3 unspecified atom stereocenters. The number of carbonyl (C=O) groups excluding carboxylic acids is 1. The minimum absolute atomic E-state index is 0.00652. The Balaban J connectivity index is 1.36. The van der Waals surface area contributed by atoms with Gasteiger partial charge in [-0.3, -0.25) is 14.4 Å². The number of aliphatic imine (C=N–C) groups is 1. The molecule has 43 heavy (non-hydrogen) atoms. The predicted octanol–water partition coefficient (Wildman–Crippen LogP) is 4.76. The Bertz CT molecular complexity index is 1650. The maximum absolute atomic E-state index is 13.6. The second-order valence-electron chi connectivity index (χ2n) is 10.5. The van der Waals surface area contributed by atoms with E-state index in [2.05, 4.69) is 15.0 Å². The standard InChI is InChI=1S/C28H27F6N5O3S/c1-37-14-20(11-21(37)15-42-3)38(2)26-36-25(40)24(43(26)41)9-16-4-7-23-18(8-16)12-35-39(23)13-17-5-6-19(27(29,30)31)10-22(17)28(32,33)34/h4-10,12,20-21H,11,13-15H2,1-3H3. The SMILES string of the molecule is COCC1CC(N(C)C2=NC(=O)C(=Cc3ccc4c(cnn4Cc4ccc(C(F)(F)F)cc4C(F)(F)F)c3)S2=O)CN1C. The summed E-state index contributed by atoms with van der Waals surface area (Å²) in [7, 11) is 3.52. The largest absolute Gasteiger partial charge is 0.416 e. The van der Waals surface area contributed by atoms with Crippen LogP contribution in [0.1, 0.15) is 28.7 Å². The summed E-state index contributed by atoms with van der Waals surface area (Å²) in [5, 5.41) is 4.80. The molecule has 3 atom stereocenters. The number of hydrogen-bond donors (Lipinski definition) is 0. The summed E-state index contributed by atoms with van der Waals surface area (Å²) in [6.45, 7) is 0.809. The van der Waals surface area contributed by atoms with Gasteiger partial charge in [-0.1, -0.05) is 12.1 Å². The first-order valence-corrected chi connectivity index (χ1v) is 14.2. The van der Waals surface area contributed by atoms with E-state index in [9.17, 15) is 35.3 Å². The minimum atomic E-state index is -5.00. The van der Waals surface area contributed by atoms with Gasteiger partial charge < -0.3 is 9.64 Å². The summed E-state index contributed by atoms with van der Waals surface area (Å²) >= 11 is 0. The van der Waals surface area contributed by atoms with E-state index in [1.807, 2.05) is 7.05 Å². The molecule has 0 saturated carbocycles. The molecular formula is C28H27F6N5O3S. The molecule has 0 aliphatic carbocycles. The average Bonchev–Trinajstić information content (AvgIpc) is 3.59. The third-order valence-electron chi connectivity index (χ3n) is 7.67. The van der Waals surface area contributed by atoms with Crippen LogP contribution in [-0.4, -0.2) is 81.3 Å². The van der Waals surface area contributed by atoms with Crippen molar-refractivity contribution in [2.24, 2.45) is 4.99 Å². The van der Waals surface area contributed by atoms with E-state index in [0.29, 0.717) is 35.7 Å². The summed E-state index contributed by atoms with van der Waals surface area (Å²) in [6, 6.07) is 6.45. The Morgan fingerprint density at radius 2 is 1.86 bits per heavy atom. The zero-order valence-electron chi connectivity index (χ0n) is 23.2. The first kappa shape index (κ1) is 30.9. The highest BCUT2D eigenvalue weighted by Crippen LogP contribution is 2.38. The van der Waals surface area contributed by atoms with Crippen LogP contribution in [0, 0.1) is 0 Å². The topological polar surface area (TPSA) is 80.0 Å². The van der Waals surface area contributed by atoms with Crippen LogP contribution in [0.25, 0.3) is 17.0 Å². The number of amides is 1. The van der Waals surface area contributed by atoms with Crippen molar-refractivity contribution in [1.82, 2.24) is 19.6 Å². The molecule has 0 bridgehead atoms. The normalized spacial score (nSPS) is 22.6. The number of alkyl halides is 6. The number of ether oxygens (including phenoxy) is 1. The van der Waals surface area contributed by atoms with Gasteiger partial charge in [0.2, 0.25) is 5.17 Å². The molecule has 1 fully saturated rings. The number of fused-ring (bicyclic) bond motifs is 1.